The maximum Gasteiger partial charge on any atom is 0.227 e. The Morgan fingerprint density at radius 3 is 2.85 bits per heavy atom. The minimum atomic E-state index is 0.658. The van der Waals surface area contributed by atoms with Gasteiger partial charge in [-0.3, -0.25) is 0 Å². The molecule has 0 aliphatic heterocycles. The maximum absolute atomic E-state index is 5.04. The van der Waals surface area contributed by atoms with E-state index in [-0.39, 0.29) is 0 Å². The molecular formula is C8H16N4O. The van der Waals surface area contributed by atoms with E-state index in [9.17, 15) is 0 Å². The zero-order valence-electron chi connectivity index (χ0n) is 8.37. The van der Waals surface area contributed by atoms with E-state index in [1.165, 1.54) is 0 Å². The Balaban J connectivity index is 2.39. The van der Waals surface area contributed by atoms with Crippen LogP contribution in [0.4, 0.5) is 0 Å². The fourth-order valence-corrected chi connectivity index (χ4v) is 0.941. The molecular weight excluding hydrogens is 168 g/mol. The first-order valence-electron chi connectivity index (χ1n) is 4.33. The summed E-state index contributed by atoms with van der Waals surface area (Å²) in [5.41, 5.74) is 0. The lowest BCUT2D eigenvalue weighted by Crippen LogP contribution is -2.15. The Hall–Kier alpha value is -0.940. The summed E-state index contributed by atoms with van der Waals surface area (Å²) < 4.78 is 5.04. The largest absolute Gasteiger partial charge is 0.339 e. The van der Waals surface area contributed by atoms with Crippen LogP contribution in [0.3, 0.4) is 0 Å². The molecule has 0 saturated carbocycles. The molecule has 0 atom stereocenters. The van der Waals surface area contributed by atoms with Crippen molar-refractivity contribution < 1.29 is 4.52 Å². The molecule has 0 bridgehead atoms. The van der Waals surface area contributed by atoms with E-state index in [0.29, 0.717) is 12.4 Å². The topological polar surface area (TPSA) is 54.2 Å². The Labute approximate surface area is 78.1 Å². The molecule has 1 aromatic heterocycles. The standard InChI is InChI=1S/C8H16N4O/c1-9-6-7-10-8(13-11-7)4-5-12(2)3/h9H,4-6H2,1-3H3. The minimum absolute atomic E-state index is 0.658. The quantitative estimate of drug-likeness (QED) is 0.692. The van der Waals surface area contributed by atoms with E-state index in [0.717, 1.165) is 18.8 Å². The van der Waals surface area contributed by atoms with Gasteiger partial charge in [0.1, 0.15) is 0 Å². The van der Waals surface area contributed by atoms with Crippen molar-refractivity contribution in [3.63, 3.8) is 0 Å². The number of likely N-dealkylation sites (N-methyl/N-ethyl adjacent to an activating group) is 1. The summed E-state index contributed by atoms with van der Waals surface area (Å²) in [4.78, 5) is 6.29. The average Bonchev–Trinajstić information content (AvgIpc) is 2.50. The van der Waals surface area contributed by atoms with Gasteiger partial charge in [-0.25, -0.2) is 0 Å². The lowest BCUT2D eigenvalue weighted by Gasteiger charge is -2.05. The van der Waals surface area contributed by atoms with Crippen LogP contribution >= 0.6 is 0 Å². The van der Waals surface area contributed by atoms with Crippen LogP contribution in [0, 0.1) is 0 Å². The van der Waals surface area contributed by atoms with E-state index in [1.54, 1.807) is 0 Å². The van der Waals surface area contributed by atoms with Crippen LogP contribution in [0.2, 0.25) is 0 Å². The first-order chi connectivity index (χ1) is 6.22. The Morgan fingerprint density at radius 2 is 2.23 bits per heavy atom. The van der Waals surface area contributed by atoms with Crippen LogP contribution in [0.1, 0.15) is 11.7 Å². The van der Waals surface area contributed by atoms with E-state index in [2.05, 4.69) is 20.4 Å². The zero-order chi connectivity index (χ0) is 9.68. The van der Waals surface area contributed by atoms with Crippen LogP contribution in [0.15, 0.2) is 4.52 Å². The van der Waals surface area contributed by atoms with E-state index >= 15 is 0 Å². The molecule has 0 fully saturated rings. The number of rotatable bonds is 5. The second kappa shape index (κ2) is 4.94. The number of hydrogen-bond donors (Lipinski definition) is 1. The van der Waals surface area contributed by atoms with Gasteiger partial charge in [0.15, 0.2) is 5.82 Å². The van der Waals surface area contributed by atoms with Crippen molar-refractivity contribution >= 4 is 0 Å². The van der Waals surface area contributed by atoms with Gasteiger partial charge < -0.3 is 14.7 Å². The third kappa shape index (κ3) is 3.52. The summed E-state index contributed by atoms with van der Waals surface area (Å²) in [5.74, 6) is 1.43. The molecule has 5 heteroatoms. The number of hydrogen-bond acceptors (Lipinski definition) is 5. The highest BCUT2D eigenvalue weighted by molar-refractivity contribution is 4.86. The zero-order valence-corrected chi connectivity index (χ0v) is 8.37. The molecule has 74 valence electrons. The van der Waals surface area contributed by atoms with Crippen molar-refractivity contribution in [1.29, 1.82) is 0 Å². The van der Waals surface area contributed by atoms with Crippen LogP contribution in [-0.4, -0.2) is 42.7 Å². The third-order valence-electron chi connectivity index (χ3n) is 1.62. The molecule has 0 amide bonds. The summed E-state index contributed by atoms with van der Waals surface area (Å²) >= 11 is 0. The molecule has 0 spiro atoms. The van der Waals surface area contributed by atoms with Gasteiger partial charge >= 0.3 is 0 Å². The Bertz CT molecular complexity index is 246. The summed E-state index contributed by atoms with van der Waals surface area (Å²) in [6.45, 7) is 1.59. The van der Waals surface area contributed by atoms with Gasteiger partial charge in [-0.2, -0.15) is 4.98 Å². The first kappa shape index (κ1) is 10.1. The normalized spacial score (nSPS) is 11.1. The minimum Gasteiger partial charge on any atom is -0.339 e. The molecule has 0 aliphatic rings. The van der Waals surface area contributed by atoms with Crippen LogP contribution in [0.5, 0.6) is 0 Å². The van der Waals surface area contributed by atoms with Gasteiger partial charge in [0, 0.05) is 13.0 Å². The average molecular weight is 184 g/mol. The highest BCUT2D eigenvalue weighted by atomic mass is 16.5. The van der Waals surface area contributed by atoms with Crippen LogP contribution in [0.25, 0.3) is 0 Å². The monoisotopic (exact) mass is 184 g/mol. The molecule has 5 nitrogen and oxygen atoms in total. The van der Waals surface area contributed by atoms with Gasteiger partial charge in [-0.1, -0.05) is 5.16 Å². The second-order valence-corrected chi connectivity index (χ2v) is 3.19. The van der Waals surface area contributed by atoms with E-state index < -0.39 is 0 Å². The van der Waals surface area contributed by atoms with Gasteiger partial charge in [-0.05, 0) is 21.1 Å². The lowest BCUT2D eigenvalue weighted by molar-refractivity contribution is 0.341. The van der Waals surface area contributed by atoms with Crippen molar-refractivity contribution in [3.8, 4) is 0 Å². The fourth-order valence-electron chi connectivity index (χ4n) is 0.941. The van der Waals surface area contributed by atoms with Gasteiger partial charge in [0.2, 0.25) is 5.89 Å². The molecule has 1 heterocycles. The molecule has 0 aliphatic carbocycles. The molecule has 1 aromatic rings. The van der Waals surface area contributed by atoms with Crippen LogP contribution in [-0.2, 0) is 13.0 Å². The molecule has 1 rings (SSSR count). The molecule has 1 N–H and O–H groups in total. The number of nitrogens with one attached hydrogen (secondary N) is 1. The Kier molecular flexibility index (Phi) is 3.85. The second-order valence-electron chi connectivity index (χ2n) is 3.19. The van der Waals surface area contributed by atoms with E-state index in [4.69, 9.17) is 4.52 Å². The first-order valence-corrected chi connectivity index (χ1v) is 4.33. The summed E-state index contributed by atoms with van der Waals surface area (Å²) in [6.07, 6.45) is 0.809. The predicted molar refractivity (Wildman–Crippen MR) is 49.3 cm³/mol. The predicted octanol–water partition coefficient (Wildman–Crippen LogP) is -0.107. The SMILES string of the molecule is CNCc1noc(CCN(C)C)n1. The van der Waals surface area contributed by atoms with E-state index in [1.807, 2.05) is 21.1 Å². The smallest absolute Gasteiger partial charge is 0.227 e. The van der Waals surface area contributed by atoms with Crippen LogP contribution < -0.4 is 5.32 Å². The number of aromatic nitrogens is 2. The summed E-state index contributed by atoms with van der Waals surface area (Å²) in [6, 6.07) is 0. The third-order valence-corrected chi connectivity index (χ3v) is 1.62. The van der Waals surface area contributed by atoms with Crippen molar-refractivity contribution in [2.24, 2.45) is 0 Å². The summed E-state index contributed by atoms with van der Waals surface area (Å²) in [5, 5.41) is 6.78. The Morgan fingerprint density at radius 1 is 1.46 bits per heavy atom. The lowest BCUT2D eigenvalue weighted by atomic mass is 10.4. The van der Waals surface area contributed by atoms with Gasteiger partial charge in [0.05, 0.1) is 6.54 Å². The van der Waals surface area contributed by atoms with Gasteiger partial charge in [-0.15, -0.1) is 0 Å². The highest BCUT2D eigenvalue weighted by Gasteiger charge is 2.04. The van der Waals surface area contributed by atoms with Crippen molar-refractivity contribution in [2.75, 3.05) is 27.7 Å². The van der Waals surface area contributed by atoms with Crippen molar-refractivity contribution in [3.05, 3.63) is 11.7 Å². The van der Waals surface area contributed by atoms with Crippen molar-refractivity contribution in [1.82, 2.24) is 20.4 Å². The van der Waals surface area contributed by atoms with Crippen molar-refractivity contribution in [2.45, 2.75) is 13.0 Å². The molecule has 13 heavy (non-hydrogen) atoms. The van der Waals surface area contributed by atoms with Gasteiger partial charge in [0.25, 0.3) is 0 Å². The summed E-state index contributed by atoms with van der Waals surface area (Å²) in [7, 11) is 5.89. The molecule has 0 unspecified atom stereocenters. The maximum atomic E-state index is 5.04. The number of nitrogens with zero attached hydrogens (tertiary/aromatic N) is 3. The molecule has 0 aromatic carbocycles. The highest BCUT2D eigenvalue weighted by Crippen LogP contribution is 1.98. The molecule has 0 radical (unpaired) electrons. The molecule has 0 saturated heterocycles. The fraction of sp³-hybridized carbons (Fsp3) is 0.750.